The zero-order chi connectivity index (χ0) is 20.1. The summed E-state index contributed by atoms with van der Waals surface area (Å²) in [5, 5.41) is 3.14. The lowest BCUT2D eigenvalue weighted by Crippen LogP contribution is -2.48. The SMILES string of the molecule is O=C(Nc1ccccc1Cc1ccccc1)[C@H]1CCCN(C(=O)N2CCCC2)C1. The lowest BCUT2D eigenvalue weighted by Gasteiger charge is -2.34. The number of nitrogens with one attached hydrogen (secondary N) is 1. The highest BCUT2D eigenvalue weighted by Crippen LogP contribution is 2.24. The number of benzene rings is 2. The minimum absolute atomic E-state index is 0.0180. The smallest absolute Gasteiger partial charge is 0.320 e. The van der Waals surface area contributed by atoms with Crippen molar-refractivity contribution in [3.8, 4) is 0 Å². The summed E-state index contributed by atoms with van der Waals surface area (Å²) in [6.45, 7) is 2.96. The van der Waals surface area contributed by atoms with Gasteiger partial charge in [-0.3, -0.25) is 4.79 Å². The fraction of sp³-hybridized carbons (Fsp3) is 0.417. The van der Waals surface area contributed by atoms with E-state index in [4.69, 9.17) is 0 Å². The van der Waals surface area contributed by atoms with Gasteiger partial charge in [-0.05, 0) is 49.3 Å². The normalized spacial score (nSPS) is 19.2. The van der Waals surface area contributed by atoms with Gasteiger partial charge in [0, 0.05) is 31.9 Å². The average Bonchev–Trinajstić information content (AvgIpc) is 3.30. The van der Waals surface area contributed by atoms with E-state index >= 15 is 0 Å². The van der Waals surface area contributed by atoms with Gasteiger partial charge < -0.3 is 15.1 Å². The molecule has 1 atom stereocenters. The Balaban J connectivity index is 1.40. The van der Waals surface area contributed by atoms with E-state index < -0.39 is 0 Å². The monoisotopic (exact) mass is 391 g/mol. The molecule has 152 valence electrons. The Hall–Kier alpha value is -2.82. The Morgan fingerprint density at radius 2 is 1.55 bits per heavy atom. The molecule has 2 fully saturated rings. The van der Waals surface area contributed by atoms with Gasteiger partial charge in [-0.15, -0.1) is 0 Å². The largest absolute Gasteiger partial charge is 0.326 e. The zero-order valence-electron chi connectivity index (χ0n) is 16.8. The van der Waals surface area contributed by atoms with Crippen molar-refractivity contribution in [3.05, 3.63) is 65.7 Å². The summed E-state index contributed by atoms with van der Waals surface area (Å²) in [7, 11) is 0. The Morgan fingerprint density at radius 1 is 0.862 bits per heavy atom. The molecule has 5 heteroatoms. The first-order valence-corrected chi connectivity index (χ1v) is 10.7. The number of hydrogen-bond acceptors (Lipinski definition) is 2. The van der Waals surface area contributed by atoms with Crippen molar-refractivity contribution in [2.24, 2.45) is 5.92 Å². The van der Waals surface area contributed by atoms with Crippen LogP contribution in [0.1, 0.15) is 36.8 Å². The van der Waals surface area contributed by atoms with E-state index in [9.17, 15) is 9.59 Å². The number of piperidine rings is 1. The summed E-state index contributed by atoms with van der Waals surface area (Å²) < 4.78 is 0. The van der Waals surface area contributed by atoms with Crippen molar-refractivity contribution in [1.82, 2.24) is 9.80 Å². The predicted octanol–water partition coefficient (Wildman–Crippen LogP) is 4.14. The number of hydrogen-bond donors (Lipinski definition) is 1. The van der Waals surface area contributed by atoms with Crippen LogP contribution in [0.3, 0.4) is 0 Å². The number of anilines is 1. The Labute approximate surface area is 172 Å². The lowest BCUT2D eigenvalue weighted by atomic mass is 9.96. The molecule has 0 aliphatic carbocycles. The van der Waals surface area contributed by atoms with Crippen molar-refractivity contribution < 1.29 is 9.59 Å². The fourth-order valence-electron chi connectivity index (χ4n) is 4.32. The summed E-state index contributed by atoms with van der Waals surface area (Å²) in [5.74, 6) is -0.135. The van der Waals surface area contributed by atoms with Crippen LogP contribution in [0.4, 0.5) is 10.5 Å². The van der Waals surface area contributed by atoms with Crippen LogP contribution < -0.4 is 5.32 Å². The van der Waals surface area contributed by atoms with Crippen molar-refractivity contribution in [2.45, 2.75) is 32.1 Å². The average molecular weight is 392 g/mol. The van der Waals surface area contributed by atoms with Gasteiger partial charge >= 0.3 is 6.03 Å². The molecule has 2 saturated heterocycles. The minimum atomic E-state index is -0.153. The first kappa shape index (κ1) is 19.5. The molecule has 2 aliphatic rings. The minimum Gasteiger partial charge on any atom is -0.326 e. The molecular weight excluding hydrogens is 362 g/mol. The molecule has 0 bridgehead atoms. The van der Waals surface area contributed by atoms with Crippen LogP contribution in [0.2, 0.25) is 0 Å². The Kier molecular flexibility index (Phi) is 6.13. The molecular formula is C24H29N3O2. The van der Waals surface area contributed by atoms with E-state index in [1.807, 2.05) is 46.2 Å². The molecule has 3 amide bonds. The molecule has 0 unspecified atom stereocenters. The number of para-hydroxylation sites is 1. The number of carbonyl (C=O) groups excluding carboxylic acids is 2. The maximum Gasteiger partial charge on any atom is 0.320 e. The highest BCUT2D eigenvalue weighted by molar-refractivity contribution is 5.94. The van der Waals surface area contributed by atoms with Crippen molar-refractivity contribution >= 4 is 17.6 Å². The summed E-state index contributed by atoms with van der Waals surface area (Å²) in [4.78, 5) is 29.5. The molecule has 5 nitrogen and oxygen atoms in total. The number of amides is 3. The van der Waals surface area contributed by atoms with Gasteiger partial charge in [0.2, 0.25) is 5.91 Å². The first-order valence-electron chi connectivity index (χ1n) is 10.7. The highest BCUT2D eigenvalue weighted by Gasteiger charge is 2.31. The van der Waals surface area contributed by atoms with Crippen molar-refractivity contribution in [2.75, 3.05) is 31.5 Å². The second-order valence-corrected chi connectivity index (χ2v) is 8.07. The second-order valence-electron chi connectivity index (χ2n) is 8.07. The number of carbonyl (C=O) groups is 2. The van der Waals surface area contributed by atoms with Gasteiger partial charge in [0.1, 0.15) is 0 Å². The molecule has 2 aromatic rings. The molecule has 1 N–H and O–H groups in total. The van der Waals surface area contributed by atoms with E-state index in [-0.39, 0.29) is 17.9 Å². The zero-order valence-corrected chi connectivity index (χ0v) is 16.8. The van der Waals surface area contributed by atoms with E-state index in [1.165, 1.54) is 5.56 Å². The summed E-state index contributed by atoms with van der Waals surface area (Å²) in [6, 6.07) is 18.4. The summed E-state index contributed by atoms with van der Waals surface area (Å²) in [6.07, 6.45) is 4.66. The van der Waals surface area contributed by atoms with Gasteiger partial charge in [-0.25, -0.2) is 4.79 Å². The van der Waals surface area contributed by atoms with Crippen LogP contribution in [-0.2, 0) is 11.2 Å². The van der Waals surface area contributed by atoms with Gasteiger partial charge in [-0.2, -0.15) is 0 Å². The number of rotatable bonds is 4. The van der Waals surface area contributed by atoms with Gasteiger partial charge in [0.05, 0.1) is 5.92 Å². The van der Waals surface area contributed by atoms with E-state index in [2.05, 4.69) is 23.5 Å². The quantitative estimate of drug-likeness (QED) is 0.851. The first-order chi connectivity index (χ1) is 14.2. The summed E-state index contributed by atoms with van der Waals surface area (Å²) in [5.41, 5.74) is 3.19. The topological polar surface area (TPSA) is 52.7 Å². The number of nitrogens with zero attached hydrogens (tertiary/aromatic N) is 2. The van der Waals surface area contributed by atoms with Gasteiger partial charge in [0.25, 0.3) is 0 Å². The van der Waals surface area contributed by atoms with E-state index in [0.717, 1.165) is 63.0 Å². The summed E-state index contributed by atoms with van der Waals surface area (Å²) >= 11 is 0. The maximum atomic E-state index is 13.0. The Morgan fingerprint density at radius 3 is 2.34 bits per heavy atom. The second kappa shape index (κ2) is 9.12. The van der Waals surface area contributed by atoms with Crippen LogP contribution >= 0.6 is 0 Å². The standard InChI is InChI=1S/C24H29N3O2/c28-23(21-12-8-16-27(18-21)24(29)26-14-6-7-15-26)25-22-13-5-4-11-20(22)17-19-9-2-1-3-10-19/h1-5,9-11,13,21H,6-8,12,14-18H2,(H,25,28)/t21-/m0/s1. The van der Waals surface area contributed by atoms with Crippen LogP contribution in [0.25, 0.3) is 0 Å². The molecule has 2 aromatic carbocycles. The molecule has 0 aromatic heterocycles. The molecule has 0 spiro atoms. The number of urea groups is 1. The molecule has 0 radical (unpaired) electrons. The van der Waals surface area contributed by atoms with E-state index in [0.29, 0.717) is 6.54 Å². The third-order valence-electron chi connectivity index (χ3n) is 5.95. The van der Waals surface area contributed by atoms with Crippen LogP contribution in [0.5, 0.6) is 0 Å². The third-order valence-corrected chi connectivity index (χ3v) is 5.95. The Bertz CT molecular complexity index is 846. The van der Waals surface area contributed by atoms with E-state index in [1.54, 1.807) is 0 Å². The molecule has 2 aliphatic heterocycles. The molecule has 29 heavy (non-hydrogen) atoms. The highest BCUT2D eigenvalue weighted by atomic mass is 16.2. The van der Waals surface area contributed by atoms with Crippen LogP contribution in [-0.4, -0.2) is 47.9 Å². The van der Waals surface area contributed by atoms with Crippen LogP contribution in [0.15, 0.2) is 54.6 Å². The van der Waals surface area contributed by atoms with Gasteiger partial charge in [0.15, 0.2) is 0 Å². The van der Waals surface area contributed by atoms with Crippen molar-refractivity contribution in [3.63, 3.8) is 0 Å². The molecule has 0 saturated carbocycles. The predicted molar refractivity (Wildman–Crippen MR) is 115 cm³/mol. The lowest BCUT2D eigenvalue weighted by molar-refractivity contribution is -0.121. The number of likely N-dealkylation sites (tertiary alicyclic amines) is 2. The third kappa shape index (κ3) is 4.78. The maximum absolute atomic E-state index is 13.0. The van der Waals surface area contributed by atoms with Crippen molar-refractivity contribution in [1.29, 1.82) is 0 Å². The van der Waals surface area contributed by atoms with Gasteiger partial charge in [-0.1, -0.05) is 48.5 Å². The van der Waals surface area contributed by atoms with Crippen LogP contribution in [0, 0.1) is 5.92 Å². The fourth-order valence-corrected chi connectivity index (χ4v) is 4.32. The molecule has 2 heterocycles. The molecule has 4 rings (SSSR count).